The predicted molar refractivity (Wildman–Crippen MR) is 71.4 cm³/mol. The first-order valence-corrected chi connectivity index (χ1v) is 6.82. The van der Waals surface area contributed by atoms with E-state index in [0.29, 0.717) is 11.1 Å². The molecule has 0 amide bonds. The van der Waals surface area contributed by atoms with E-state index in [-0.39, 0.29) is 11.9 Å². The van der Waals surface area contributed by atoms with Crippen molar-refractivity contribution in [3.63, 3.8) is 0 Å². The Morgan fingerprint density at radius 2 is 2.39 bits per heavy atom. The zero-order valence-corrected chi connectivity index (χ0v) is 11.3. The van der Waals surface area contributed by atoms with Gasteiger partial charge in [0.1, 0.15) is 5.82 Å². The molecule has 1 aliphatic heterocycles. The SMILES string of the molecule is CNC(CCC1CCCO1)c1ccc(F)cc1Cl. The van der Waals surface area contributed by atoms with Crippen LogP contribution in [0.25, 0.3) is 0 Å². The minimum absolute atomic E-state index is 0.155. The van der Waals surface area contributed by atoms with Gasteiger partial charge in [-0.15, -0.1) is 0 Å². The molecule has 2 atom stereocenters. The van der Waals surface area contributed by atoms with Gasteiger partial charge in [-0.1, -0.05) is 17.7 Å². The van der Waals surface area contributed by atoms with Crippen LogP contribution < -0.4 is 5.32 Å². The molecule has 0 spiro atoms. The average Bonchev–Trinajstić information content (AvgIpc) is 2.85. The molecule has 1 aliphatic rings. The summed E-state index contributed by atoms with van der Waals surface area (Å²) in [6, 6.07) is 4.74. The van der Waals surface area contributed by atoms with E-state index < -0.39 is 0 Å². The number of hydrogen-bond acceptors (Lipinski definition) is 2. The van der Waals surface area contributed by atoms with Crippen LogP contribution in [0.15, 0.2) is 18.2 Å². The van der Waals surface area contributed by atoms with Crippen molar-refractivity contribution >= 4 is 11.6 Å². The van der Waals surface area contributed by atoms with E-state index in [9.17, 15) is 4.39 Å². The Hall–Kier alpha value is -0.640. The summed E-state index contributed by atoms with van der Waals surface area (Å²) in [6.07, 6.45) is 4.64. The van der Waals surface area contributed by atoms with Crippen molar-refractivity contribution in [1.29, 1.82) is 0 Å². The zero-order valence-electron chi connectivity index (χ0n) is 10.6. The van der Waals surface area contributed by atoms with Crippen molar-refractivity contribution in [1.82, 2.24) is 5.32 Å². The smallest absolute Gasteiger partial charge is 0.124 e. The summed E-state index contributed by atoms with van der Waals surface area (Å²) in [5, 5.41) is 3.73. The molecule has 1 saturated heterocycles. The Labute approximate surface area is 112 Å². The summed E-state index contributed by atoms with van der Waals surface area (Å²) in [5.74, 6) is -0.294. The first-order valence-electron chi connectivity index (χ1n) is 6.44. The molecule has 1 fully saturated rings. The molecule has 2 nitrogen and oxygen atoms in total. The van der Waals surface area contributed by atoms with Crippen LogP contribution in [-0.2, 0) is 4.74 Å². The fraction of sp³-hybridized carbons (Fsp3) is 0.571. The van der Waals surface area contributed by atoms with Gasteiger partial charge in [0.05, 0.1) is 6.10 Å². The molecule has 18 heavy (non-hydrogen) atoms. The quantitative estimate of drug-likeness (QED) is 0.882. The molecule has 1 aromatic rings. The Kier molecular flexibility index (Phi) is 4.98. The number of ether oxygens (including phenoxy) is 1. The fourth-order valence-electron chi connectivity index (χ4n) is 2.46. The predicted octanol–water partition coefficient (Wildman–Crippen LogP) is 3.70. The van der Waals surface area contributed by atoms with Crippen LogP contribution in [0, 0.1) is 5.82 Å². The van der Waals surface area contributed by atoms with E-state index in [1.54, 1.807) is 6.07 Å². The van der Waals surface area contributed by atoms with Gasteiger partial charge in [-0.3, -0.25) is 0 Å². The van der Waals surface area contributed by atoms with Crippen LogP contribution in [-0.4, -0.2) is 19.8 Å². The molecule has 0 aliphatic carbocycles. The number of hydrogen-bond donors (Lipinski definition) is 1. The van der Waals surface area contributed by atoms with Gasteiger partial charge in [-0.2, -0.15) is 0 Å². The van der Waals surface area contributed by atoms with Gasteiger partial charge in [0.2, 0.25) is 0 Å². The van der Waals surface area contributed by atoms with E-state index in [1.807, 2.05) is 7.05 Å². The van der Waals surface area contributed by atoms with E-state index in [1.165, 1.54) is 12.1 Å². The highest BCUT2D eigenvalue weighted by atomic mass is 35.5. The average molecular weight is 272 g/mol. The Morgan fingerprint density at radius 1 is 1.56 bits per heavy atom. The van der Waals surface area contributed by atoms with Crippen LogP contribution in [0.3, 0.4) is 0 Å². The monoisotopic (exact) mass is 271 g/mol. The molecule has 0 aromatic heterocycles. The lowest BCUT2D eigenvalue weighted by Gasteiger charge is -2.19. The molecule has 4 heteroatoms. The third kappa shape index (κ3) is 3.44. The van der Waals surface area contributed by atoms with Crippen LogP contribution in [0.1, 0.15) is 37.3 Å². The van der Waals surface area contributed by atoms with Crippen molar-refractivity contribution in [2.45, 2.75) is 37.8 Å². The van der Waals surface area contributed by atoms with Gasteiger partial charge in [-0.05, 0) is 50.4 Å². The van der Waals surface area contributed by atoms with Gasteiger partial charge in [0.25, 0.3) is 0 Å². The summed E-state index contributed by atoms with van der Waals surface area (Å²) in [6.45, 7) is 0.881. The van der Waals surface area contributed by atoms with E-state index in [4.69, 9.17) is 16.3 Å². The number of halogens is 2. The molecule has 0 radical (unpaired) electrons. The molecule has 1 heterocycles. The second-order valence-electron chi connectivity index (χ2n) is 4.72. The molecule has 1 N–H and O–H groups in total. The Bertz CT molecular complexity index is 393. The second kappa shape index (κ2) is 6.50. The third-order valence-corrected chi connectivity index (χ3v) is 3.82. The number of rotatable bonds is 5. The van der Waals surface area contributed by atoms with E-state index in [2.05, 4.69) is 5.32 Å². The second-order valence-corrected chi connectivity index (χ2v) is 5.13. The molecule has 1 aromatic carbocycles. The maximum Gasteiger partial charge on any atom is 0.124 e. The first kappa shape index (κ1) is 13.8. The van der Waals surface area contributed by atoms with Gasteiger partial charge >= 0.3 is 0 Å². The van der Waals surface area contributed by atoms with E-state index in [0.717, 1.165) is 37.9 Å². The molecule has 100 valence electrons. The van der Waals surface area contributed by atoms with Crippen molar-refractivity contribution in [3.05, 3.63) is 34.6 Å². The summed E-state index contributed by atoms with van der Waals surface area (Å²) in [7, 11) is 1.90. The number of nitrogens with one attached hydrogen (secondary N) is 1. The highest BCUT2D eigenvalue weighted by Crippen LogP contribution is 2.28. The lowest BCUT2D eigenvalue weighted by atomic mass is 9.99. The highest BCUT2D eigenvalue weighted by Gasteiger charge is 2.19. The summed E-state index contributed by atoms with van der Waals surface area (Å²) in [5.41, 5.74) is 0.957. The highest BCUT2D eigenvalue weighted by molar-refractivity contribution is 6.31. The molecular weight excluding hydrogens is 253 g/mol. The van der Waals surface area contributed by atoms with Gasteiger partial charge in [-0.25, -0.2) is 4.39 Å². The van der Waals surface area contributed by atoms with E-state index >= 15 is 0 Å². The Balaban J connectivity index is 1.98. The minimum atomic E-state index is -0.294. The largest absolute Gasteiger partial charge is 0.378 e. The maximum absolute atomic E-state index is 13.0. The molecule has 2 unspecified atom stereocenters. The summed E-state index contributed by atoms with van der Waals surface area (Å²) >= 11 is 6.09. The molecule has 0 saturated carbocycles. The minimum Gasteiger partial charge on any atom is -0.378 e. The summed E-state index contributed by atoms with van der Waals surface area (Å²) in [4.78, 5) is 0. The summed E-state index contributed by atoms with van der Waals surface area (Å²) < 4.78 is 18.6. The lowest BCUT2D eigenvalue weighted by Crippen LogP contribution is -2.19. The molecule has 2 rings (SSSR count). The van der Waals surface area contributed by atoms with Crippen molar-refractivity contribution in [3.8, 4) is 0 Å². The van der Waals surface area contributed by atoms with Crippen LogP contribution in [0.2, 0.25) is 5.02 Å². The third-order valence-electron chi connectivity index (χ3n) is 3.49. The lowest BCUT2D eigenvalue weighted by molar-refractivity contribution is 0.0998. The van der Waals surface area contributed by atoms with Crippen molar-refractivity contribution in [2.75, 3.05) is 13.7 Å². The normalized spacial score (nSPS) is 21.2. The van der Waals surface area contributed by atoms with Gasteiger partial charge in [0.15, 0.2) is 0 Å². The maximum atomic E-state index is 13.0. The number of benzene rings is 1. The fourth-order valence-corrected chi connectivity index (χ4v) is 2.76. The topological polar surface area (TPSA) is 21.3 Å². The van der Waals surface area contributed by atoms with Crippen molar-refractivity contribution < 1.29 is 9.13 Å². The molecular formula is C14H19ClFNO. The van der Waals surface area contributed by atoms with Gasteiger partial charge in [0, 0.05) is 17.7 Å². The first-order chi connectivity index (χ1) is 8.70. The van der Waals surface area contributed by atoms with Crippen molar-refractivity contribution in [2.24, 2.45) is 0 Å². The Morgan fingerprint density at radius 3 is 3.00 bits per heavy atom. The zero-order chi connectivity index (χ0) is 13.0. The standard InChI is InChI=1S/C14H19ClFNO/c1-17-14(7-5-11-3-2-8-18-11)12-6-4-10(16)9-13(12)15/h4,6,9,11,14,17H,2-3,5,7-8H2,1H3. The van der Waals surface area contributed by atoms with Gasteiger partial charge < -0.3 is 10.1 Å². The van der Waals surface area contributed by atoms with Crippen LogP contribution >= 0.6 is 11.6 Å². The molecule has 0 bridgehead atoms. The van der Waals surface area contributed by atoms with Crippen LogP contribution in [0.5, 0.6) is 0 Å². The van der Waals surface area contributed by atoms with Crippen LogP contribution in [0.4, 0.5) is 4.39 Å².